The summed E-state index contributed by atoms with van der Waals surface area (Å²) in [6.07, 6.45) is -3.76. The minimum Gasteiger partial charge on any atom is -0.454 e. The number of hydrogen-bond donors (Lipinski definition) is 1. The topological polar surface area (TPSA) is 80.6 Å². The van der Waals surface area contributed by atoms with Crippen molar-refractivity contribution in [2.24, 2.45) is 0 Å². The van der Waals surface area contributed by atoms with Gasteiger partial charge in [0.25, 0.3) is 0 Å². The maximum absolute atomic E-state index is 13.1. The minimum absolute atomic E-state index is 0.197. The molecule has 1 amide bonds. The average Bonchev–Trinajstić information content (AvgIpc) is 3.24. The number of carbonyl (C=O) groups excluding carboxylic acids is 1. The van der Waals surface area contributed by atoms with E-state index in [1.807, 2.05) is 18.2 Å². The van der Waals surface area contributed by atoms with Crippen molar-refractivity contribution in [2.75, 3.05) is 50.1 Å². The smallest absolute Gasteiger partial charge is 0.416 e. The van der Waals surface area contributed by atoms with Crippen LogP contribution in [0.4, 0.5) is 18.9 Å². The van der Waals surface area contributed by atoms with E-state index in [-0.39, 0.29) is 12.5 Å². The molecule has 0 aliphatic carbocycles. The number of carbonyl (C=O) groups is 1. The van der Waals surface area contributed by atoms with Crippen molar-refractivity contribution < 1.29 is 40.8 Å². The van der Waals surface area contributed by atoms with E-state index in [1.165, 1.54) is 11.0 Å². The fourth-order valence-corrected chi connectivity index (χ4v) is 4.89. The Hall–Kier alpha value is -2.99. The van der Waals surface area contributed by atoms with Crippen molar-refractivity contribution in [1.82, 2.24) is 4.90 Å². The Morgan fingerprint density at radius 3 is 2.47 bits per heavy atom. The van der Waals surface area contributed by atoms with Crippen LogP contribution in [0.2, 0.25) is 0 Å². The molecule has 0 spiro atoms. The second-order valence-corrected chi connectivity index (χ2v) is 10.2. The first-order valence-electron chi connectivity index (χ1n) is 10.7. The molecular weight excluding hydrogens is 475 g/mol. The summed E-state index contributed by atoms with van der Waals surface area (Å²) in [6.45, 7) is 2.52. The number of quaternary nitrogens is 1. The van der Waals surface area contributed by atoms with Crippen LogP contribution in [0.5, 0.6) is 11.5 Å². The molecule has 1 fully saturated rings. The number of amides is 1. The first-order valence-corrected chi connectivity index (χ1v) is 12.5. The number of benzene rings is 2. The van der Waals surface area contributed by atoms with Gasteiger partial charge in [-0.3, -0.25) is 9.10 Å². The van der Waals surface area contributed by atoms with Crippen LogP contribution in [0.15, 0.2) is 42.5 Å². The fraction of sp³-hybridized carbons (Fsp3) is 0.409. The Morgan fingerprint density at radius 1 is 1.09 bits per heavy atom. The van der Waals surface area contributed by atoms with E-state index < -0.39 is 34.2 Å². The predicted octanol–water partition coefficient (Wildman–Crippen LogP) is 1.13. The van der Waals surface area contributed by atoms with E-state index in [0.717, 1.165) is 40.9 Å². The third kappa shape index (κ3) is 5.55. The van der Waals surface area contributed by atoms with E-state index in [4.69, 9.17) is 9.47 Å². The zero-order valence-corrected chi connectivity index (χ0v) is 19.3. The molecular formula is C22H25F3N3O5S+. The van der Waals surface area contributed by atoms with Crippen LogP contribution in [-0.2, 0) is 27.5 Å². The number of anilines is 1. The summed E-state index contributed by atoms with van der Waals surface area (Å²) in [7, 11) is -3.98. The molecule has 2 aromatic rings. The SMILES string of the molecule is CS(=O)(=O)N(CC(=O)N1CC[NH+](Cc2ccc3c(c2)OCO3)CC1)c1cccc(C(F)(F)F)c1. The maximum Gasteiger partial charge on any atom is 0.416 e. The number of nitrogens with one attached hydrogen (secondary N) is 1. The van der Waals surface area contributed by atoms with E-state index in [0.29, 0.717) is 37.7 Å². The number of halogens is 3. The molecule has 1 saturated heterocycles. The molecule has 8 nitrogen and oxygen atoms in total. The molecule has 0 atom stereocenters. The molecule has 2 heterocycles. The molecule has 0 radical (unpaired) electrons. The highest BCUT2D eigenvalue weighted by atomic mass is 32.2. The summed E-state index contributed by atoms with van der Waals surface area (Å²) >= 11 is 0. The summed E-state index contributed by atoms with van der Waals surface area (Å²) in [5, 5.41) is 0. The van der Waals surface area contributed by atoms with Crippen LogP contribution < -0.4 is 18.7 Å². The molecule has 2 aromatic carbocycles. The van der Waals surface area contributed by atoms with Gasteiger partial charge in [0, 0.05) is 5.56 Å². The van der Waals surface area contributed by atoms with Gasteiger partial charge in [0.1, 0.15) is 13.1 Å². The summed E-state index contributed by atoms with van der Waals surface area (Å²) < 4.78 is 75.3. The molecule has 184 valence electrons. The minimum atomic E-state index is -4.62. The van der Waals surface area contributed by atoms with Gasteiger partial charge < -0.3 is 19.3 Å². The Labute approximate surface area is 195 Å². The molecule has 0 bridgehead atoms. The van der Waals surface area contributed by atoms with Gasteiger partial charge in [-0.25, -0.2) is 8.42 Å². The molecule has 0 aromatic heterocycles. The summed E-state index contributed by atoms with van der Waals surface area (Å²) in [4.78, 5) is 15.7. The quantitative estimate of drug-likeness (QED) is 0.644. The van der Waals surface area contributed by atoms with Crippen LogP contribution in [0, 0.1) is 0 Å². The monoisotopic (exact) mass is 500 g/mol. The van der Waals surface area contributed by atoms with Crippen LogP contribution in [-0.4, -0.2) is 65.0 Å². The lowest BCUT2D eigenvalue weighted by atomic mass is 10.1. The second-order valence-electron chi connectivity index (χ2n) is 8.31. The summed E-state index contributed by atoms with van der Waals surface area (Å²) in [5.74, 6) is 0.969. The lowest BCUT2D eigenvalue weighted by Gasteiger charge is -2.33. The van der Waals surface area contributed by atoms with Crippen molar-refractivity contribution >= 4 is 21.6 Å². The van der Waals surface area contributed by atoms with Gasteiger partial charge in [-0.1, -0.05) is 6.07 Å². The van der Waals surface area contributed by atoms with Gasteiger partial charge in [-0.2, -0.15) is 13.2 Å². The number of piperazine rings is 1. The number of sulfonamides is 1. The van der Waals surface area contributed by atoms with Crippen LogP contribution in [0.1, 0.15) is 11.1 Å². The number of fused-ring (bicyclic) bond motifs is 1. The lowest BCUT2D eigenvalue weighted by molar-refractivity contribution is -0.917. The number of nitrogens with zero attached hydrogens (tertiary/aromatic N) is 2. The zero-order chi connectivity index (χ0) is 24.5. The zero-order valence-electron chi connectivity index (χ0n) is 18.5. The highest BCUT2D eigenvalue weighted by Crippen LogP contribution is 2.33. The Kier molecular flexibility index (Phi) is 6.63. The van der Waals surface area contributed by atoms with Crippen LogP contribution in [0.3, 0.4) is 0 Å². The van der Waals surface area contributed by atoms with E-state index in [1.54, 1.807) is 4.90 Å². The molecule has 34 heavy (non-hydrogen) atoms. The second kappa shape index (κ2) is 9.34. The van der Waals surface area contributed by atoms with Crippen molar-refractivity contribution in [2.45, 2.75) is 12.7 Å². The Bertz CT molecular complexity index is 1160. The third-order valence-corrected chi connectivity index (χ3v) is 7.00. The Morgan fingerprint density at radius 2 is 1.79 bits per heavy atom. The largest absolute Gasteiger partial charge is 0.454 e. The van der Waals surface area contributed by atoms with Gasteiger partial charge in [0.2, 0.25) is 22.7 Å². The van der Waals surface area contributed by atoms with E-state index in [2.05, 4.69) is 0 Å². The van der Waals surface area contributed by atoms with Crippen molar-refractivity contribution in [3.8, 4) is 11.5 Å². The predicted molar refractivity (Wildman–Crippen MR) is 117 cm³/mol. The number of ether oxygens (including phenoxy) is 2. The standard InChI is InChI=1S/C22H24F3N3O5S/c1-34(30,31)28(18-4-2-3-17(12-18)22(23,24)25)14-21(29)27-9-7-26(8-10-27)13-16-5-6-19-20(11-16)33-15-32-19/h2-6,11-12H,7-10,13-15H2,1H3/p+1. The van der Waals surface area contributed by atoms with Gasteiger partial charge >= 0.3 is 6.18 Å². The fourth-order valence-electron chi connectivity index (χ4n) is 4.05. The average molecular weight is 501 g/mol. The molecule has 2 aliphatic rings. The number of hydrogen-bond acceptors (Lipinski definition) is 5. The first-order chi connectivity index (χ1) is 16.0. The van der Waals surface area contributed by atoms with Crippen molar-refractivity contribution in [3.05, 3.63) is 53.6 Å². The van der Waals surface area contributed by atoms with E-state index >= 15 is 0 Å². The van der Waals surface area contributed by atoms with E-state index in [9.17, 15) is 26.4 Å². The number of rotatable bonds is 6. The molecule has 0 saturated carbocycles. The van der Waals surface area contributed by atoms with Gasteiger partial charge in [0.05, 0.1) is 43.7 Å². The first kappa shape index (κ1) is 24.1. The molecule has 12 heteroatoms. The van der Waals surface area contributed by atoms with Crippen molar-refractivity contribution in [1.29, 1.82) is 0 Å². The molecule has 4 rings (SSSR count). The Balaban J connectivity index is 1.38. The summed E-state index contributed by atoms with van der Waals surface area (Å²) in [5.41, 5.74) is -0.101. The molecule has 0 unspecified atom stereocenters. The summed E-state index contributed by atoms with van der Waals surface area (Å²) in [6, 6.07) is 9.74. The van der Waals surface area contributed by atoms with Crippen molar-refractivity contribution in [3.63, 3.8) is 0 Å². The van der Waals surface area contributed by atoms with Gasteiger partial charge in [-0.05, 0) is 36.4 Å². The highest BCUT2D eigenvalue weighted by Gasteiger charge is 2.33. The normalized spacial score (nSPS) is 16.5. The van der Waals surface area contributed by atoms with Gasteiger partial charge in [0.15, 0.2) is 11.5 Å². The van der Waals surface area contributed by atoms with Crippen LogP contribution >= 0.6 is 0 Å². The third-order valence-electron chi connectivity index (χ3n) is 5.86. The van der Waals surface area contributed by atoms with Gasteiger partial charge in [-0.15, -0.1) is 0 Å². The van der Waals surface area contributed by atoms with Crippen LogP contribution in [0.25, 0.3) is 0 Å². The highest BCUT2D eigenvalue weighted by molar-refractivity contribution is 7.92. The molecule has 2 aliphatic heterocycles. The maximum atomic E-state index is 13.1. The molecule has 1 N–H and O–H groups in total. The lowest BCUT2D eigenvalue weighted by Crippen LogP contribution is -3.13. The number of alkyl halides is 3.